The van der Waals surface area contributed by atoms with Crippen LogP contribution in [-0.4, -0.2) is 43.7 Å². The van der Waals surface area contributed by atoms with E-state index in [0.29, 0.717) is 11.8 Å². The Labute approximate surface area is 113 Å². The second-order valence-electron chi connectivity index (χ2n) is 4.93. The van der Waals surface area contributed by atoms with Crippen LogP contribution in [0.5, 0.6) is 0 Å². The first-order chi connectivity index (χ1) is 9.15. The number of esters is 1. The highest BCUT2D eigenvalue weighted by Crippen LogP contribution is 2.19. The average molecular weight is 266 g/mol. The molecule has 0 aliphatic carbocycles. The van der Waals surface area contributed by atoms with Gasteiger partial charge < -0.3 is 14.5 Å². The molecule has 1 unspecified atom stereocenters. The van der Waals surface area contributed by atoms with E-state index in [4.69, 9.17) is 9.15 Å². The average Bonchev–Trinajstić information content (AvgIpc) is 3.04. The van der Waals surface area contributed by atoms with Gasteiger partial charge in [0.2, 0.25) is 5.76 Å². The zero-order valence-electron chi connectivity index (χ0n) is 11.9. The summed E-state index contributed by atoms with van der Waals surface area (Å²) in [5.41, 5.74) is 0.836. The molecule has 0 spiro atoms. The molecule has 106 valence electrons. The third-order valence-corrected chi connectivity index (χ3v) is 3.66. The molecule has 2 rings (SSSR count). The lowest BCUT2D eigenvalue weighted by atomic mass is 10.2. The largest absolute Gasteiger partial charge is 0.463 e. The molecule has 2 heterocycles. The van der Waals surface area contributed by atoms with E-state index in [0.717, 1.165) is 43.9 Å². The first-order valence-electron chi connectivity index (χ1n) is 6.78. The van der Waals surface area contributed by atoms with Crippen molar-refractivity contribution in [3.05, 3.63) is 23.2 Å². The second-order valence-corrected chi connectivity index (χ2v) is 4.93. The Bertz CT molecular complexity index is 436. The van der Waals surface area contributed by atoms with Crippen LogP contribution >= 0.6 is 0 Å². The minimum Gasteiger partial charge on any atom is -0.463 e. The van der Waals surface area contributed by atoms with Gasteiger partial charge in [-0.2, -0.15) is 0 Å². The monoisotopic (exact) mass is 266 g/mol. The summed E-state index contributed by atoms with van der Waals surface area (Å²) in [5, 5.41) is 3.37. The quantitative estimate of drug-likeness (QED) is 0.820. The number of aryl methyl sites for hydroxylation is 1. The van der Waals surface area contributed by atoms with Crippen LogP contribution in [0.15, 0.2) is 10.5 Å². The Morgan fingerprint density at radius 3 is 3.00 bits per heavy atom. The maximum Gasteiger partial charge on any atom is 0.374 e. The fraction of sp³-hybridized carbons (Fsp3) is 0.643. The Kier molecular flexibility index (Phi) is 4.61. The van der Waals surface area contributed by atoms with Gasteiger partial charge in [-0.05, 0) is 32.5 Å². The van der Waals surface area contributed by atoms with Gasteiger partial charge in [-0.3, -0.25) is 4.90 Å². The molecule has 1 aromatic rings. The summed E-state index contributed by atoms with van der Waals surface area (Å²) in [5.74, 6) is 0.735. The van der Waals surface area contributed by atoms with E-state index in [-0.39, 0.29) is 0 Å². The van der Waals surface area contributed by atoms with Crippen molar-refractivity contribution >= 4 is 5.97 Å². The van der Waals surface area contributed by atoms with E-state index in [9.17, 15) is 4.79 Å². The summed E-state index contributed by atoms with van der Waals surface area (Å²) in [6, 6.07) is 2.48. The number of rotatable bonds is 5. The summed E-state index contributed by atoms with van der Waals surface area (Å²) < 4.78 is 10.3. The van der Waals surface area contributed by atoms with Crippen LogP contribution in [-0.2, 0) is 11.3 Å². The molecule has 1 saturated heterocycles. The summed E-state index contributed by atoms with van der Waals surface area (Å²) >= 11 is 0. The molecule has 0 aromatic carbocycles. The van der Waals surface area contributed by atoms with Crippen molar-refractivity contribution in [2.24, 2.45) is 0 Å². The molecule has 1 aliphatic heterocycles. The van der Waals surface area contributed by atoms with E-state index in [1.807, 2.05) is 13.0 Å². The molecule has 1 N–H and O–H groups in total. The number of nitrogens with one attached hydrogen (secondary N) is 1. The smallest absolute Gasteiger partial charge is 0.374 e. The van der Waals surface area contributed by atoms with Gasteiger partial charge in [0.15, 0.2) is 0 Å². The number of carbonyl (C=O) groups excluding carboxylic acids is 1. The normalized spacial score (nSPS) is 19.1. The molecule has 0 saturated carbocycles. The van der Waals surface area contributed by atoms with E-state index in [2.05, 4.69) is 17.1 Å². The molecule has 0 amide bonds. The zero-order valence-corrected chi connectivity index (χ0v) is 11.9. The van der Waals surface area contributed by atoms with Crippen LogP contribution < -0.4 is 5.32 Å². The molecule has 5 nitrogen and oxygen atoms in total. The van der Waals surface area contributed by atoms with Crippen LogP contribution in [0.4, 0.5) is 0 Å². The Hall–Kier alpha value is -1.33. The maximum atomic E-state index is 11.5. The van der Waals surface area contributed by atoms with Gasteiger partial charge >= 0.3 is 5.97 Å². The fourth-order valence-corrected chi connectivity index (χ4v) is 2.57. The minimum absolute atomic E-state index is 0.318. The van der Waals surface area contributed by atoms with Gasteiger partial charge in [-0.25, -0.2) is 4.79 Å². The van der Waals surface area contributed by atoms with Crippen molar-refractivity contribution in [3.8, 4) is 0 Å². The Morgan fingerprint density at radius 1 is 1.63 bits per heavy atom. The van der Waals surface area contributed by atoms with Crippen molar-refractivity contribution in [2.75, 3.05) is 26.7 Å². The highest BCUT2D eigenvalue weighted by Gasteiger charge is 2.23. The molecule has 19 heavy (non-hydrogen) atoms. The lowest BCUT2D eigenvalue weighted by molar-refractivity contribution is 0.0559. The van der Waals surface area contributed by atoms with Gasteiger partial charge in [0.05, 0.1) is 13.7 Å². The lowest BCUT2D eigenvalue weighted by Gasteiger charge is -2.25. The highest BCUT2D eigenvalue weighted by molar-refractivity contribution is 5.87. The van der Waals surface area contributed by atoms with Crippen LogP contribution in [0, 0.1) is 6.92 Å². The van der Waals surface area contributed by atoms with E-state index in [1.165, 1.54) is 7.11 Å². The molecule has 1 atom stereocenters. The number of nitrogens with zero attached hydrogens (tertiary/aromatic N) is 1. The number of ether oxygens (including phenoxy) is 1. The third-order valence-electron chi connectivity index (χ3n) is 3.66. The van der Waals surface area contributed by atoms with Gasteiger partial charge in [0.25, 0.3) is 0 Å². The third kappa shape index (κ3) is 3.16. The molecule has 1 fully saturated rings. The zero-order chi connectivity index (χ0) is 13.8. The van der Waals surface area contributed by atoms with E-state index >= 15 is 0 Å². The van der Waals surface area contributed by atoms with Crippen LogP contribution in [0.3, 0.4) is 0 Å². The topological polar surface area (TPSA) is 54.7 Å². The van der Waals surface area contributed by atoms with Crippen LogP contribution in [0.25, 0.3) is 0 Å². The molecule has 5 heteroatoms. The first kappa shape index (κ1) is 14.1. The van der Waals surface area contributed by atoms with Gasteiger partial charge in [0, 0.05) is 18.2 Å². The number of likely N-dealkylation sites (N-methyl/N-ethyl adjacent to an activating group) is 1. The highest BCUT2D eigenvalue weighted by atomic mass is 16.5. The van der Waals surface area contributed by atoms with Gasteiger partial charge in [-0.15, -0.1) is 0 Å². The van der Waals surface area contributed by atoms with Gasteiger partial charge in [0.1, 0.15) is 5.76 Å². The number of furan rings is 1. The van der Waals surface area contributed by atoms with Crippen LogP contribution in [0.1, 0.15) is 35.2 Å². The molecule has 1 aliphatic rings. The van der Waals surface area contributed by atoms with E-state index < -0.39 is 5.97 Å². The number of hydrogen-bond donors (Lipinski definition) is 1. The predicted octanol–water partition coefficient (Wildman–Crippen LogP) is 1.56. The molecule has 1 aromatic heterocycles. The number of hydrogen-bond acceptors (Lipinski definition) is 5. The summed E-state index contributed by atoms with van der Waals surface area (Å²) in [4.78, 5) is 13.9. The fourth-order valence-electron chi connectivity index (χ4n) is 2.57. The van der Waals surface area contributed by atoms with E-state index in [1.54, 1.807) is 0 Å². The molecular weight excluding hydrogens is 244 g/mol. The van der Waals surface area contributed by atoms with Crippen molar-refractivity contribution < 1.29 is 13.9 Å². The van der Waals surface area contributed by atoms with Crippen molar-refractivity contribution in [1.82, 2.24) is 10.2 Å². The maximum absolute atomic E-state index is 11.5. The standard InChI is InChI=1S/C14H22N2O3/c1-4-16(11-5-6-15-8-11)9-12-7-10(2)13(19-12)14(17)18-3/h7,11,15H,4-6,8-9H2,1-3H3. The molecular formula is C14H22N2O3. The second kappa shape index (κ2) is 6.21. The summed E-state index contributed by atoms with van der Waals surface area (Å²) in [6.45, 7) is 7.82. The predicted molar refractivity (Wildman–Crippen MR) is 72.1 cm³/mol. The minimum atomic E-state index is -0.408. The number of methoxy groups -OCH3 is 1. The summed E-state index contributed by atoms with van der Waals surface area (Å²) in [7, 11) is 1.37. The lowest BCUT2D eigenvalue weighted by Crippen LogP contribution is -2.36. The van der Waals surface area contributed by atoms with Gasteiger partial charge in [-0.1, -0.05) is 6.92 Å². The van der Waals surface area contributed by atoms with Crippen molar-refractivity contribution in [3.63, 3.8) is 0 Å². The van der Waals surface area contributed by atoms with Crippen molar-refractivity contribution in [1.29, 1.82) is 0 Å². The Morgan fingerprint density at radius 2 is 2.42 bits per heavy atom. The SMILES string of the molecule is CCN(Cc1cc(C)c(C(=O)OC)o1)C1CCNC1. The number of carbonyl (C=O) groups is 1. The Balaban J connectivity index is 2.07. The molecule has 0 radical (unpaired) electrons. The molecule has 0 bridgehead atoms. The summed E-state index contributed by atoms with van der Waals surface area (Å²) in [6.07, 6.45) is 1.16. The van der Waals surface area contributed by atoms with Crippen LogP contribution in [0.2, 0.25) is 0 Å². The van der Waals surface area contributed by atoms with Crippen molar-refractivity contribution in [2.45, 2.75) is 32.9 Å². The first-order valence-corrected chi connectivity index (χ1v) is 6.78.